The number of nitrogens with zero attached hydrogens (tertiary/aromatic N) is 1. The molecule has 2 N–H and O–H groups in total. The van der Waals surface area contributed by atoms with Crippen LogP contribution < -0.4 is 10.6 Å². The van der Waals surface area contributed by atoms with Gasteiger partial charge >= 0.3 is 11.8 Å². The third-order valence-corrected chi connectivity index (χ3v) is 3.01. The maximum atomic E-state index is 11.7. The molecule has 102 valence electrons. The Morgan fingerprint density at radius 2 is 2.32 bits per heavy atom. The van der Waals surface area contributed by atoms with E-state index in [1.54, 1.807) is 18.3 Å². The average Bonchev–Trinajstić information content (AvgIpc) is 2.93. The number of aromatic nitrogens is 1. The minimum absolute atomic E-state index is 0.00450. The van der Waals surface area contributed by atoms with Crippen molar-refractivity contribution in [1.29, 1.82) is 0 Å². The number of nitrogens with one attached hydrogen (secondary N) is 2. The van der Waals surface area contributed by atoms with Crippen molar-refractivity contribution >= 4 is 17.5 Å². The fourth-order valence-corrected chi connectivity index (χ4v) is 1.99. The minimum atomic E-state index is -0.696. The molecule has 2 unspecified atom stereocenters. The zero-order valence-electron chi connectivity index (χ0n) is 10.8. The molecule has 2 heterocycles. The van der Waals surface area contributed by atoms with Gasteiger partial charge in [0.25, 0.3) is 0 Å². The lowest BCUT2D eigenvalue weighted by molar-refractivity contribution is -0.137. The molecule has 1 aromatic rings. The number of hydrogen-bond acceptors (Lipinski definition) is 4. The van der Waals surface area contributed by atoms with Crippen molar-refractivity contribution in [3.05, 3.63) is 24.5 Å². The van der Waals surface area contributed by atoms with E-state index in [-0.39, 0.29) is 12.1 Å². The molecule has 19 heavy (non-hydrogen) atoms. The summed E-state index contributed by atoms with van der Waals surface area (Å²) >= 11 is 0. The van der Waals surface area contributed by atoms with Gasteiger partial charge in [-0.2, -0.15) is 0 Å². The van der Waals surface area contributed by atoms with E-state index < -0.39 is 11.8 Å². The lowest BCUT2D eigenvalue weighted by atomic mass is 10.1. The van der Waals surface area contributed by atoms with Gasteiger partial charge in [-0.15, -0.1) is 0 Å². The van der Waals surface area contributed by atoms with E-state index in [1.807, 2.05) is 6.92 Å². The Hall–Kier alpha value is -1.95. The lowest BCUT2D eigenvalue weighted by Crippen LogP contribution is -2.45. The molecule has 6 heteroatoms. The maximum Gasteiger partial charge on any atom is 0.313 e. The summed E-state index contributed by atoms with van der Waals surface area (Å²) in [6, 6.07) is 3.18. The van der Waals surface area contributed by atoms with E-state index in [0.29, 0.717) is 12.3 Å². The van der Waals surface area contributed by atoms with Gasteiger partial charge < -0.3 is 15.4 Å². The number of carbonyl (C=O) groups excluding carboxylic acids is 2. The van der Waals surface area contributed by atoms with Gasteiger partial charge in [0.1, 0.15) is 0 Å². The van der Waals surface area contributed by atoms with E-state index in [1.165, 1.54) is 6.20 Å². The van der Waals surface area contributed by atoms with Crippen molar-refractivity contribution in [3.63, 3.8) is 0 Å². The van der Waals surface area contributed by atoms with Crippen LogP contribution in [0.15, 0.2) is 24.5 Å². The third-order valence-electron chi connectivity index (χ3n) is 3.01. The highest BCUT2D eigenvalue weighted by Crippen LogP contribution is 2.15. The van der Waals surface area contributed by atoms with Crippen LogP contribution in [0.25, 0.3) is 0 Å². The molecule has 6 nitrogen and oxygen atoms in total. The predicted octanol–water partition coefficient (Wildman–Crippen LogP) is 0.704. The summed E-state index contributed by atoms with van der Waals surface area (Å²) in [5.41, 5.74) is 0.493. The summed E-state index contributed by atoms with van der Waals surface area (Å²) < 4.78 is 5.46. The van der Waals surface area contributed by atoms with Gasteiger partial charge in [-0.25, -0.2) is 0 Å². The average molecular weight is 263 g/mol. The van der Waals surface area contributed by atoms with Crippen LogP contribution in [-0.4, -0.2) is 35.6 Å². The summed E-state index contributed by atoms with van der Waals surface area (Å²) in [5, 5.41) is 5.13. The zero-order chi connectivity index (χ0) is 13.7. The lowest BCUT2D eigenvalue weighted by Gasteiger charge is -2.19. The van der Waals surface area contributed by atoms with Crippen molar-refractivity contribution in [1.82, 2.24) is 10.3 Å². The maximum absolute atomic E-state index is 11.7. The topological polar surface area (TPSA) is 80.3 Å². The van der Waals surface area contributed by atoms with Gasteiger partial charge in [0.15, 0.2) is 0 Å². The van der Waals surface area contributed by atoms with Crippen LogP contribution >= 0.6 is 0 Å². The largest absolute Gasteiger partial charge is 0.376 e. The van der Waals surface area contributed by atoms with E-state index in [4.69, 9.17) is 4.74 Å². The molecular formula is C13H17N3O3. The fraction of sp³-hybridized carbons (Fsp3) is 0.462. The van der Waals surface area contributed by atoms with Crippen molar-refractivity contribution in [2.45, 2.75) is 31.9 Å². The first-order valence-corrected chi connectivity index (χ1v) is 6.30. The predicted molar refractivity (Wildman–Crippen MR) is 69.4 cm³/mol. The first kappa shape index (κ1) is 13.5. The number of hydrogen-bond donors (Lipinski definition) is 2. The zero-order valence-corrected chi connectivity index (χ0v) is 10.8. The first-order chi connectivity index (χ1) is 9.16. The molecule has 0 bridgehead atoms. The molecule has 0 aliphatic carbocycles. The summed E-state index contributed by atoms with van der Waals surface area (Å²) in [5.74, 6) is -1.36. The molecule has 1 fully saturated rings. The Kier molecular flexibility index (Phi) is 4.46. The second-order valence-corrected chi connectivity index (χ2v) is 4.51. The number of pyridine rings is 1. The van der Waals surface area contributed by atoms with Crippen LogP contribution in [0.4, 0.5) is 5.69 Å². The summed E-state index contributed by atoms with van der Waals surface area (Å²) in [7, 11) is 0. The van der Waals surface area contributed by atoms with Crippen molar-refractivity contribution in [2.24, 2.45) is 0 Å². The summed E-state index contributed by atoms with van der Waals surface area (Å²) in [6.45, 7) is 2.55. The Bertz CT molecular complexity index is 444. The molecule has 1 aromatic heterocycles. The minimum Gasteiger partial charge on any atom is -0.376 e. The van der Waals surface area contributed by atoms with Crippen LogP contribution in [0.1, 0.15) is 19.8 Å². The smallest absolute Gasteiger partial charge is 0.313 e. The third kappa shape index (κ3) is 3.75. The van der Waals surface area contributed by atoms with E-state index >= 15 is 0 Å². The van der Waals surface area contributed by atoms with Gasteiger partial charge in [0.2, 0.25) is 0 Å². The van der Waals surface area contributed by atoms with Crippen LogP contribution in [0.5, 0.6) is 0 Å². The molecule has 0 aromatic carbocycles. The highest BCUT2D eigenvalue weighted by Gasteiger charge is 2.25. The molecule has 0 saturated carbocycles. The van der Waals surface area contributed by atoms with E-state index in [0.717, 1.165) is 12.8 Å². The monoisotopic (exact) mass is 263 g/mol. The van der Waals surface area contributed by atoms with Gasteiger partial charge in [0, 0.05) is 12.8 Å². The molecule has 2 rings (SSSR count). The molecule has 2 atom stereocenters. The van der Waals surface area contributed by atoms with E-state index in [9.17, 15) is 9.59 Å². The number of carbonyl (C=O) groups is 2. The van der Waals surface area contributed by atoms with Crippen LogP contribution in [-0.2, 0) is 14.3 Å². The van der Waals surface area contributed by atoms with Crippen molar-refractivity contribution in [3.8, 4) is 0 Å². The Morgan fingerprint density at radius 3 is 2.95 bits per heavy atom. The molecule has 0 spiro atoms. The highest BCUT2D eigenvalue weighted by atomic mass is 16.5. The quantitative estimate of drug-likeness (QED) is 0.787. The molecule has 0 radical (unpaired) electrons. The van der Waals surface area contributed by atoms with Crippen LogP contribution in [0, 0.1) is 0 Å². The van der Waals surface area contributed by atoms with Gasteiger partial charge in [-0.05, 0) is 31.9 Å². The highest BCUT2D eigenvalue weighted by molar-refractivity contribution is 6.39. The first-order valence-electron chi connectivity index (χ1n) is 6.30. The van der Waals surface area contributed by atoms with E-state index in [2.05, 4.69) is 15.6 Å². The summed E-state index contributed by atoms with van der Waals surface area (Å²) in [6.07, 6.45) is 4.97. The Balaban J connectivity index is 1.83. The number of anilines is 1. The van der Waals surface area contributed by atoms with Gasteiger partial charge in [-0.3, -0.25) is 14.6 Å². The Morgan fingerprint density at radius 1 is 1.47 bits per heavy atom. The molecule has 1 aliphatic rings. The fourth-order valence-electron chi connectivity index (χ4n) is 1.99. The normalized spacial score (nSPS) is 19.7. The standard InChI is InChI=1S/C13H17N3O3/c1-9(11-5-3-7-19-11)15-12(17)13(18)16-10-4-2-6-14-8-10/h2,4,6,8-9,11H,3,5,7H2,1H3,(H,15,17)(H,16,18). The number of ether oxygens (including phenoxy) is 1. The molecule has 1 aliphatic heterocycles. The Labute approximate surface area is 111 Å². The van der Waals surface area contributed by atoms with Crippen LogP contribution in [0.2, 0.25) is 0 Å². The second kappa shape index (κ2) is 6.29. The number of amides is 2. The molecular weight excluding hydrogens is 246 g/mol. The molecule has 2 amide bonds. The summed E-state index contributed by atoms with van der Waals surface area (Å²) in [4.78, 5) is 27.2. The van der Waals surface area contributed by atoms with Gasteiger partial charge in [0.05, 0.1) is 24.0 Å². The van der Waals surface area contributed by atoms with Crippen molar-refractivity contribution in [2.75, 3.05) is 11.9 Å². The van der Waals surface area contributed by atoms with Crippen molar-refractivity contribution < 1.29 is 14.3 Å². The second-order valence-electron chi connectivity index (χ2n) is 4.51. The number of rotatable bonds is 3. The molecule has 1 saturated heterocycles. The SMILES string of the molecule is CC(NC(=O)C(=O)Nc1cccnc1)C1CCCO1. The van der Waals surface area contributed by atoms with Gasteiger partial charge in [-0.1, -0.05) is 0 Å². The van der Waals surface area contributed by atoms with Crippen LogP contribution in [0.3, 0.4) is 0 Å².